The molecule has 0 spiro atoms. The van der Waals surface area contributed by atoms with E-state index >= 15 is 0 Å². The van der Waals surface area contributed by atoms with Crippen molar-refractivity contribution in [1.29, 1.82) is 0 Å². The number of fused-ring (bicyclic) bond motifs is 1. The molecule has 1 fully saturated rings. The van der Waals surface area contributed by atoms with Gasteiger partial charge < -0.3 is 20.1 Å². The van der Waals surface area contributed by atoms with Crippen LogP contribution in [-0.4, -0.2) is 25.6 Å². The first kappa shape index (κ1) is 19.2. The molecule has 4 rings (SSSR count). The minimum absolute atomic E-state index is 0.0209. The fraction of sp³-hybridized carbons (Fsp3) is 0.261. The van der Waals surface area contributed by atoms with E-state index in [9.17, 15) is 9.18 Å². The largest absolute Gasteiger partial charge is 0.493 e. The van der Waals surface area contributed by atoms with Gasteiger partial charge in [0, 0.05) is 13.1 Å². The van der Waals surface area contributed by atoms with Crippen LogP contribution in [0.2, 0.25) is 0 Å². The maximum Gasteiger partial charge on any atom is 0.237 e. The molecule has 1 atom stereocenters. The first-order valence-corrected chi connectivity index (χ1v) is 9.62. The lowest BCUT2D eigenvalue weighted by atomic mass is 10.1. The van der Waals surface area contributed by atoms with Crippen LogP contribution < -0.4 is 20.1 Å². The zero-order chi connectivity index (χ0) is 20.2. The van der Waals surface area contributed by atoms with Gasteiger partial charge in [-0.2, -0.15) is 0 Å². The summed E-state index contributed by atoms with van der Waals surface area (Å²) in [5, 5.41) is 8.11. The lowest BCUT2D eigenvalue weighted by Crippen LogP contribution is -2.35. The molecule has 1 aliphatic rings. The molecular weight excluding hydrogens is 371 g/mol. The molecule has 3 aromatic rings. The number of amides is 1. The zero-order valence-corrected chi connectivity index (χ0v) is 16.2. The van der Waals surface area contributed by atoms with Crippen LogP contribution in [0.25, 0.3) is 10.8 Å². The normalized spacial score (nSPS) is 16.1. The van der Waals surface area contributed by atoms with Crippen molar-refractivity contribution in [2.45, 2.75) is 25.6 Å². The Morgan fingerprint density at radius 2 is 2.00 bits per heavy atom. The number of ether oxygens (including phenoxy) is 2. The van der Waals surface area contributed by atoms with Crippen LogP contribution in [0, 0.1) is 5.82 Å². The average molecular weight is 394 g/mol. The van der Waals surface area contributed by atoms with Gasteiger partial charge >= 0.3 is 0 Å². The lowest BCUT2D eigenvalue weighted by Gasteiger charge is -2.15. The fourth-order valence-electron chi connectivity index (χ4n) is 3.61. The second-order valence-electron chi connectivity index (χ2n) is 7.05. The lowest BCUT2D eigenvalue weighted by molar-refractivity contribution is -0.120. The van der Waals surface area contributed by atoms with E-state index in [0.29, 0.717) is 24.4 Å². The number of halogens is 1. The Morgan fingerprint density at radius 3 is 2.79 bits per heavy atom. The van der Waals surface area contributed by atoms with Gasteiger partial charge in [-0.3, -0.25) is 4.79 Å². The summed E-state index contributed by atoms with van der Waals surface area (Å²) in [6, 6.07) is 16.9. The average Bonchev–Trinajstić information content (AvgIpc) is 3.15. The van der Waals surface area contributed by atoms with Crippen LogP contribution in [0.3, 0.4) is 0 Å². The molecule has 150 valence electrons. The van der Waals surface area contributed by atoms with Crippen molar-refractivity contribution < 1.29 is 18.7 Å². The van der Waals surface area contributed by atoms with Crippen LogP contribution >= 0.6 is 0 Å². The highest BCUT2D eigenvalue weighted by Crippen LogP contribution is 2.33. The van der Waals surface area contributed by atoms with Crippen molar-refractivity contribution in [3.05, 3.63) is 71.5 Å². The number of carbonyl (C=O) groups is 1. The molecule has 1 saturated heterocycles. The van der Waals surface area contributed by atoms with Crippen molar-refractivity contribution in [1.82, 2.24) is 10.6 Å². The van der Waals surface area contributed by atoms with Crippen molar-refractivity contribution in [2.75, 3.05) is 13.7 Å². The molecule has 0 aliphatic carbocycles. The highest BCUT2D eigenvalue weighted by molar-refractivity contribution is 5.85. The van der Waals surface area contributed by atoms with E-state index in [2.05, 4.69) is 10.6 Å². The van der Waals surface area contributed by atoms with Crippen molar-refractivity contribution in [3.8, 4) is 11.5 Å². The molecule has 5 nitrogen and oxygen atoms in total. The van der Waals surface area contributed by atoms with E-state index in [-0.39, 0.29) is 24.3 Å². The Balaban J connectivity index is 1.50. The predicted molar refractivity (Wildman–Crippen MR) is 109 cm³/mol. The molecule has 29 heavy (non-hydrogen) atoms. The number of hydrogen-bond acceptors (Lipinski definition) is 4. The Kier molecular flexibility index (Phi) is 5.62. The summed E-state index contributed by atoms with van der Waals surface area (Å²) in [5.41, 5.74) is 1.67. The van der Waals surface area contributed by atoms with Crippen LogP contribution in [-0.2, 0) is 17.9 Å². The Labute approximate surface area is 168 Å². The number of rotatable bonds is 7. The number of hydrogen-bond donors (Lipinski definition) is 2. The number of benzene rings is 3. The summed E-state index contributed by atoms with van der Waals surface area (Å²) in [7, 11) is 1.49. The molecule has 1 amide bonds. The maximum atomic E-state index is 14.8. The van der Waals surface area contributed by atoms with Crippen molar-refractivity contribution in [2.24, 2.45) is 0 Å². The highest BCUT2D eigenvalue weighted by Gasteiger charge is 2.23. The number of carbonyl (C=O) groups excluding carboxylic acids is 1. The summed E-state index contributed by atoms with van der Waals surface area (Å²) in [5.74, 6) is -0.0922. The van der Waals surface area contributed by atoms with Gasteiger partial charge in [0.2, 0.25) is 5.91 Å². The van der Waals surface area contributed by atoms with Crippen LogP contribution in [0.1, 0.15) is 17.5 Å². The minimum atomic E-state index is -0.489. The standard InChI is InChI=1S/C23H23FN2O3/c1-28-21-12-15(13-26-20-9-10-25-23(20)27)11-19(24)22(21)29-14-17-7-4-6-16-5-2-3-8-18(16)17/h2-8,11-12,20,26H,9-10,13-14H2,1H3,(H,25,27). The molecule has 1 unspecified atom stereocenters. The van der Waals surface area contributed by atoms with E-state index in [1.165, 1.54) is 13.2 Å². The smallest absolute Gasteiger partial charge is 0.237 e. The van der Waals surface area contributed by atoms with E-state index < -0.39 is 5.82 Å². The predicted octanol–water partition coefficient (Wildman–Crippen LogP) is 3.54. The van der Waals surface area contributed by atoms with E-state index in [1.54, 1.807) is 6.07 Å². The second-order valence-corrected chi connectivity index (χ2v) is 7.05. The van der Waals surface area contributed by atoms with Gasteiger partial charge in [0.1, 0.15) is 6.61 Å². The highest BCUT2D eigenvalue weighted by atomic mass is 19.1. The third-order valence-corrected chi connectivity index (χ3v) is 5.14. The van der Waals surface area contributed by atoms with Gasteiger partial charge in [-0.25, -0.2) is 4.39 Å². The van der Waals surface area contributed by atoms with Crippen molar-refractivity contribution >= 4 is 16.7 Å². The summed E-state index contributed by atoms with van der Waals surface area (Å²) in [4.78, 5) is 11.7. The van der Waals surface area contributed by atoms with E-state index in [1.807, 2.05) is 42.5 Å². The summed E-state index contributed by atoms with van der Waals surface area (Å²) in [6.45, 7) is 1.26. The molecule has 3 aromatic carbocycles. The van der Waals surface area contributed by atoms with Gasteiger partial charge in [0.25, 0.3) is 0 Å². The minimum Gasteiger partial charge on any atom is -0.493 e. The van der Waals surface area contributed by atoms with Gasteiger partial charge in [-0.15, -0.1) is 0 Å². The molecule has 0 aromatic heterocycles. The quantitative estimate of drug-likeness (QED) is 0.644. The zero-order valence-electron chi connectivity index (χ0n) is 16.2. The molecule has 1 aliphatic heterocycles. The second kappa shape index (κ2) is 8.49. The van der Waals surface area contributed by atoms with Crippen LogP contribution in [0.15, 0.2) is 54.6 Å². The summed E-state index contributed by atoms with van der Waals surface area (Å²) >= 11 is 0. The third kappa shape index (κ3) is 4.17. The molecular formula is C23H23FN2O3. The Hall–Kier alpha value is -3.12. The SMILES string of the molecule is COc1cc(CNC2CCNC2=O)cc(F)c1OCc1cccc2ccccc12. The van der Waals surface area contributed by atoms with Crippen molar-refractivity contribution in [3.63, 3.8) is 0 Å². The van der Waals surface area contributed by atoms with Gasteiger partial charge in [0.15, 0.2) is 17.3 Å². The number of nitrogens with one attached hydrogen (secondary N) is 2. The third-order valence-electron chi connectivity index (χ3n) is 5.14. The fourth-order valence-corrected chi connectivity index (χ4v) is 3.61. The van der Waals surface area contributed by atoms with E-state index in [4.69, 9.17) is 9.47 Å². The first-order chi connectivity index (χ1) is 14.2. The Bertz CT molecular complexity index is 1030. The maximum absolute atomic E-state index is 14.8. The molecule has 0 bridgehead atoms. The molecule has 0 saturated carbocycles. The number of methoxy groups -OCH3 is 1. The summed E-state index contributed by atoms with van der Waals surface area (Å²) < 4.78 is 26.0. The van der Waals surface area contributed by atoms with Gasteiger partial charge in [0.05, 0.1) is 13.2 Å². The molecule has 1 heterocycles. The molecule has 2 N–H and O–H groups in total. The van der Waals surface area contributed by atoms with Crippen LogP contribution in [0.5, 0.6) is 11.5 Å². The monoisotopic (exact) mass is 394 g/mol. The van der Waals surface area contributed by atoms with Crippen LogP contribution in [0.4, 0.5) is 4.39 Å². The topological polar surface area (TPSA) is 59.6 Å². The molecule has 6 heteroatoms. The van der Waals surface area contributed by atoms with E-state index in [0.717, 1.165) is 22.8 Å². The molecule has 0 radical (unpaired) electrons. The Morgan fingerprint density at radius 1 is 1.17 bits per heavy atom. The summed E-state index contributed by atoms with van der Waals surface area (Å²) in [6.07, 6.45) is 0.727. The van der Waals surface area contributed by atoms with Gasteiger partial charge in [-0.1, -0.05) is 42.5 Å². The van der Waals surface area contributed by atoms with Gasteiger partial charge in [-0.05, 0) is 40.5 Å². The first-order valence-electron chi connectivity index (χ1n) is 9.62.